The SMILES string of the molecule is Nc1ccc2c(c1)ncc1[nH]c(-c3c(F)cccc3Cl)nc12. The topological polar surface area (TPSA) is 67.6 Å². The van der Waals surface area contributed by atoms with Gasteiger partial charge in [-0.15, -0.1) is 0 Å². The fraction of sp³-hybridized carbons (Fsp3) is 0. The van der Waals surface area contributed by atoms with Gasteiger partial charge in [0.2, 0.25) is 0 Å². The van der Waals surface area contributed by atoms with Crippen LogP contribution >= 0.6 is 11.6 Å². The molecule has 4 rings (SSSR count). The van der Waals surface area contributed by atoms with Crippen LogP contribution in [0.25, 0.3) is 33.3 Å². The van der Waals surface area contributed by atoms with Crippen LogP contribution in [-0.4, -0.2) is 15.0 Å². The van der Waals surface area contributed by atoms with E-state index in [2.05, 4.69) is 15.0 Å². The number of nitrogens with one attached hydrogen (secondary N) is 1. The summed E-state index contributed by atoms with van der Waals surface area (Å²) in [5.41, 5.74) is 8.82. The van der Waals surface area contributed by atoms with Crippen molar-refractivity contribution in [2.75, 3.05) is 5.73 Å². The normalized spacial score (nSPS) is 11.4. The summed E-state index contributed by atoms with van der Waals surface area (Å²) in [6.07, 6.45) is 1.66. The Bertz CT molecular complexity index is 1010. The molecule has 3 N–H and O–H groups in total. The molecule has 0 aliphatic rings. The summed E-state index contributed by atoms with van der Waals surface area (Å²) in [7, 11) is 0. The van der Waals surface area contributed by atoms with E-state index in [-0.39, 0.29) is 5.56 Å². The number of fused-ring (bicyclic) bond motifs is 3. The molecule has 0 saturated heterocycles. The molecule has 0 radical (unpaired) electrons. The lowest BCUT2D eigenvalue weighted by atomic mass is 10.2. The van der Waals surface area contributed by atoms with E-state index in [0.717, 1.165) is 10.9 Å². The number of pyridine rings is 1. The molecule has 22 heavy (non-hydrogen) atoms. The Morgan fingerprint density at radius 1 is 1.18 bits per heavy atom. The molecule has 2 aromatic carbocycles. The molecule has 0 unspecified atom stereocenters. The Balaban J connectivity index is 2.04. The van der Waals surface area contributed by atoms with Crippen molar-refractivity contribution in [1.29, 1.82) is 0 Å². The number of halogens is 2. The molecule has 108 valence electrons. The first-order chi connectivity index (χ1) is 10.6. The van der Waals surface area contributed by atoms with Crippen LogP contribution in [0.15, 0.2) is 42.6 Å². The highest BCUT2D eigenvalue weighted by Gasteiger charge is 2.15. The second-order valence-corrected chi connectivity index (χ2v) is 5.39. The zero-order valence-corrected chi connectivity index (χ0v) is 12.0. The van der Waals surface area contributed by atoms with Gasteiger partial charge in [0.15, 0.2) is 0 Å². The number of benzene rings is 2. The van der Waals surface area contributed by atoms with Crippen molar-refractivity contribution < 1.29 is 4.39 Å². The third-order valence-electron chi connectivity index (χ3n) is 3.54. The van der Waals surface area contributed by atoms with E-state index in [9.17, 15) is 4.39 Å². The summed E-state index contributed by atoms with van der Waals surface area (Å²) < 4.78 is 14.1. The maximum atomic E-state index is 14.1. The van der Waals surface area contributed by atoms with E-state index in [4.69, 9.17) is 17.3 Å². The van der Waals surface area contributed by atoms with Gasteiger partial charge in [0.05, 0.1) is 33.3 Å². The third-order valence-corrected chi connectivity index (χ3v) is 3.86. The van der Waals surface area contributed by atoms with Gasteiger partial charge in [-0.1, -0.05) is 17.7 Å². The average molecular weight is 313 g/mol. The molecule has 0 atom stereocenters. The van der Waals surface area contributed by atoms with E-state index in [0.29, 0.717) is 27.6 Å². The molecule has 0 amide bonds. The van der Waals surface area contributed by atoms with Crippen molar-refractivity contribution in [3.8, 4) is 11.4 Å². The maximum absolute atomic E-state index is 14.1. The lowest BCUT2D eigenvalue weighted by molar-refractivity contribution is 0.630. The highest BCUT2D eigenvalue weighted by atomic mass is 35.5. The summed E-state index contributed by atoms with van der Waals surface area (Å²) in [6.45, 7) is 0. The van der Waals surface area contributed by atoms with Crippen molar-refractivity contribution in [3.05, 3.63) is 53.4 Å². The van der Waals surface area contributed by atoms with Crippen molar-refractivity contribution in [3.63, 3.8) is 0 Å². The summed E-state index contributed by atoms with van der Waals surface area (Å²) >= 11 is 6.10. The minimum atomic E-state index is -0.423. The molecular formula is C16H10ClFN4. The van der Waals surface area contributed by atoms with Gasteiger partial charge in [0, 0.05) is 11.1 Å². The number of hydrogen-bond donors (Lipinski definition) is 2. The van der Waals surface area contributed by atoms with E-state index >= 15 is 0 Å². The largest absolute Gasteiger partial charge is 0.399 e. The smallest absolute Gasteiger partial charge is 0.143 e. The van der Waals surface area contributed by atoms with Gasteiger partial charge in [0.1, 0.15) is 11.6 Å². The Morgan fingerprint density at radius 3 is 2.86 bits per heavy atom. The van der Waals surface area contributed by atoms with Crippen molar-refractivity contribution in [2.45, 2.75) is 0 Å². The molecule has 4 aromatic rings. The zero-order valence-electron chi connectivity index (χ0n) is 11.3. The molecule has 2 heterocycles. The Kier molecular flexibility index (Phi) is 2.77. The van der Waals surface area contributed by atoms with Crippen LogP contribution in [0.3, 0.4) is 0 Å². The minimum Gasteiger partial charge on any atom is -0.399 e. The predicted octanol–water partition coefficient (Wildman–Crippen LogP) is 4.15. The highest BCUT2D eigenvalue weighted by molar-refractivity contribution is 6.33. The second kappa shape index (κ2) is 4.68. The number of nitrogens with two attached hydrogens (primary N) is 1. The molecule has 4 nitrogen and oxygen atoms in total. The number of anilines is 1. The van der Waals surface area contributed by atoms with E-state index in [1.807, 2.05) is 6.07 Å². The molecule has 0 aliphatic carbocycles. The van der Waals surface area contributed by atoms with E-state index in [1.54, 1.807) is 30.5 Å². The maximum Gasteiger partial charge on any atom is 0.143 e. The quantitative estimate of drug-likeness (QED) is 0.519. The molecule has 0 saturated carbocycles. The first-order valence-corrected chi connectivity index (χ1v) is 6.99. The monoisotopic (exact) mass is 312 g/mol. The van der Waals surface area contributed by atoms with Crippen LogP contribution in [0.5, 0.6) is 0 Å². The molecule has 2 aromatic heterocycles. The Hall–Kier alpha value is -2.66. The number of aromatic nitrogens is 3. The van der Waals surface area contributed by atoms with Gasteiger partial charge in [-0.05, 0) is 30.3 Å². The lowest BCUT2D eigenvalue weighted by Gasteiger charge is -2.01. The molecule has 6 heteroatoms. The standard InChI is InChI=1S/C16H10ClFN4/c17-10-2-1-3-11(18)14(10)16-21-13-7-20-12-6-8(19)4-5-9(12)15(13)22-16/h1-7H,19H2,(H,21,22). The second-order valence-electron chi connectivity index (χ2n) is 4.98. The number of nitrogen functional groups attached to an aromatic ring is 1. The summed E-state index contributed by atoms with van der Waals surface area (Å²) in [5, 5.41) is 1.15. The number of hydrogen-bond acceptors (Lipinski definition) is 3. The zero-order chi connectivity index (χ0) is 15.3. The van der Waals surface area contributed by atoms with Crippen LogP contribution in [0.1, 0.15) is 0 Å². The third kappa shape index (κ3) is 1.90. The van der Waals surface area contributed by atoms with Crippen LogP contribution in [-0.2, 0) is 0 Å². The number of H-pyrrole nitrogens is 1. The summed E-state index contributed by atoms with van der Waals surface area (Å²) in [6, 6.07) is 9.96. The lowest BCUT2D eigenvalue weighted by Crippen LogP contribution is -1.87. The number of nitrogens with zero attached hydrogens (tertiary/aromatic N) is 2. The predicted molar refractivity (Wildman–Crippen MR) is 86.2 cm³/mol. The van der Waals surface area contributed by atoms with Gasteiger partial charge in [-0.3, -0.25) is 4.98 Å². The van der Waals surface area contributed by atoms with Gasteiger partial charge in [0.25, 0.3) is 0 Å². The minimum absolute atomic E-state index is 0.254. The molecule has 0 aliphatic heterocycles. The van der Waals surface area contributed by atoms with Gasteiger partial charge in [-0.25, -0.2) is 9.37 Å². The fourth-order valence-electron chi connectivity index (χ4n) is 2.52. The van der Waals surface area contributed by atoms with Crippen LogP contribution in [0.4, 0.5) is 10.1 Å². The Labute approximate surface area is 129 Å². The van der Waals surface area contributed by atoms with Crippen LogP contribution in [0, 0.1) is 5.82 Å². The summed E-state index contributed by atoms with van der Waals surface area (Å²) in [5.74, 6) is -0.0442. The van der Waals surface area contributed by atoms with Crippen molar-refractivity contribution in [2.24, 2.45) is 0 Å². The van der Waals surface area contributed by atoms with Crippen molar-refractivity contribution >= 4 is 39.2 Å². The number of imidazole rings is 1. The van der Waals surface area contributed by atoms with Crippen LogP contribution in [0.2, 0.25) is 5.02 Å². The van der Waals surface area contributed by atoms with Gasteiger partial charge in [-0.2, -0.15) is 0 Å². The fourth-order valence-corrected chi connectivity index (χ4v) is 2.77. The number of aromatic amines is 1. The molecule has 0 fully saturated rings. The molecular weight excluding hydrogens is 303 g/mol. The van der Waals surface area contributed by atoms with Gasteiger partial charge >= 0.3 is 0 Å². The van der Waals surface area contributed by atoms with Gasteiger partial charge < -0.3 is 10.7 Å². The molecule has 0 spiro atoms. The molecule has 0 bridgehead atoms. The first kappa shape index (κ1) is 13.0. The first-order valence-electron chi connectivity index (χ1n) is 6.62. The van der Waals surface area contributed by atoms with Crippen molar-refractivity contribution in [1.82, 2.24) is 15.0 Å². The van der Waals surface area contributed by atoms with Crippen LogP contribution < -0.4 is 5.73 Å². The summed E-state index contributed by atoms with van der Waals surface area (Å²) in [4.78, 5) is 11.9. The van der Waals surface area contributed by atoms with E-state index < -0.39 is 5.82 Å². The highest BCUT2D eigenvalue weighted by Crippen LogP contribution is 2.31. The average Bonchev–Trinajstić information content (AvgIpc) is 2.90. The number of rotatable bonds is 1. The van der Waals surface area contributed by atoms with E-state index in [1.165, 1.54) is 6.07 Å². The Morgan fingerprint density at radius 2 is 2.05 bits per heavy atom.